The Balaban J connectivity index is 2.24. The van der Waals surface area contributed by atoms with E-state index in [9.17, 15) is 4.79 Å². The van der Waals surface area contributed by atoms with Gasteiger partial charge in [-0.2, -0.15) is 0 Å². The Morgan fingerprint density at radius 1 is 1.35 bits per heavy atom. The van der Waals surface area contributed by atoms with Crippen LogP contribution in [0.4, 0.5) is 0 Å². The van der Waals surface area contributed by atoms with E-state index in [4.69, 9.17) is 5.73 Å². The van der Waals surface area contributed by atoms with Crippen molar-refractivity contribution in [1.82, 2.24) is 5.32 Å². The van der Waals surface area contributed by atoms with Crippen LogP contribution in [0.15, 0.2) is 4.99 Å². The van der Waals surface area contributed by atoms with E-state index in [0.717, 1.165) is 12.8 Å². The molecule has 0 aromatic carbocycles. The van der Waals surface area contributed by atoms with Crippen LogP contribution in [0.25, 0.3) is 0 Å². The van der Waals surface area contributed by atoms with Crippen molar-refractivity contribution in [2.24, 2.45) is 10.7 Å². The molecule has 0 bridgehead atoms. The SMILES string of the molecule is COC(=O)CCN=C(N)NC1CCCCCC1. The topological polar surface area (TPSA) is 76.7 Å². The van der Waals surface area contributed by atoms with Crippen LogP contribution in [-0.4, -0.2) is 31.6 Å². The predicted molar refractivity (Wildman–Crippen MR) is 67.7 cm³/mol. The van der Waals surface area contributed by atoms with Gasteiger partial charge in [-0.3, -0.25) is 9.79 Å². The third-order valence-corrected chi connectivity index (χ3v) is 3.03. The van der Waals surface area contributed by atoms with Crippen molar-refractivity contribution in [1.29, 1.82) is 0 Å². The summed E-state index contributed by atoms with van der Waals surface area (Å²) in [6.07, 6.45) is 7.75. The van der Waals surface area contributed by atoms with Gasteiger partial charge >= 0.3 is 5.97 Å². The molecule has 3 N–H and O–H groups in total. The van der Waals surface area contributed by atoms with Gasteiger partial charge < -0.3 is 15.8 Å². The Kier molecular flexibility index (Phi) is 6.43. The zero-order valence-corrected chi connectivity index (χ0v) is 10.6. The molecule has 0 aromatic rings. The van der Waals surface area contributed by atoms with E-state index < -0.39 is 0 Å². The molecule has 0 atom stereocenters. The third kappa shape index (κ3) is 6.14. The van der Waals surface area contributed by atoms with Crippen LogP contribution in [0.5, 0.6) is 0 Å². The van der Waals surface area contributed by atoms with Crippen LogP contribution in [0.3, 0.4) is 0 Å². The van der Waals surface area contributed by atoms with Crippen molar-refractivity contribution in [3.63, 3.8) is 0 Å². The van der Waals surface area contributed by atoms with Gasteiger partial charge in [0.05, 0.1) is 20.1 Å². The summed E-state index contributed by atoms with van der Waals surface area (Å²) in [7, 11) is 1.37. The van der Waals surface area contributed by atoms with E-state index in [0.29, 0.717) is 18.5 Å². The van der Waals surface area contributed by atoms with E-state index in [-0.39, 0.29) is 12.4 Å². The Hall–Kier alpha value is -1.26. The molecule has 0 spiro atoms. The summed E-state index contributed by atoms with van der Waals surface area (Å²) in [4.78, 5) is 15.0. The summed E-state index contributed by atoms with van der Waals surface area (Å²) >= 11 is 0. The van der Waals surface area contributed by atoms with Crippen LogP contribution in [0, 0.1) is 0 Å². The van der Waals surface area contributed by atoms with E-state index in [1.807, 2.05) is 0 Å². The Morgan fingerprint density at radius 2 is 2.00 bits per heavy atom. The molecule has 0 saturated heterocycles. The maximum absolute atomic E-state index is 10.9. The number of nitrogens with zero attached hydrogens (tertiary/aromatic N) is 1. The van der Waals surface area contributed by atoms with Gasteiger partial charge in [-0.15, -0.1) is 0 Å². The fourth-order valence-electron chi connectivity index (χ4n) is 2.05. The molecule has 5 nitrogen and oxygen atoms in total. The minimum absolute atomic E-state index is 0.254. The summed E-state index contributed by atoms with van der Waals surface area (Å²) in [6, 6.07) is 0.444. The van der Waals surface area contributed by atoms with Gasteiger partial charge in [0.1, 0.15) is 0 Å². The first-order valence-corrected chi connectivity index (χ1v) is 6.35. The monoisotopic (exact) mass is 241 g/mol. The Labute approximate surface area is 103 Å². The molecule has 98 valence electrons. The van der Waals surface area contributed by atoms with Crippen molar-refractivity contribution in [3.8, 4) is 0 Å². The molecule has 5 heteroatoms. The molecule has 1 aliphatic rings. The molecule has 0 heterocycles. The number of hydrogen-bond acceptors (Lipinski definition) is 3. The van der Waals surface area contributed by atoms with E-state index in [1.54, 1.807) is 0 Å². The number of esters is 1. The Bertz CT molecular complexity index is 258. The second-order valence-electron chi connectivity index (χ2n) is 4.43. The standard InChI is InChI=1S/C12H23N3O2/c1-17-11(16)8-9-14-12(13)15-10-6-4-2-3-5-7-10/h10H,2-9H2,1H3,(H3,13,14,15). The van der Waals surface area contributed by atoms with E-state index >= 15 is 0 Å². The number of rotatable bonds is 4. The molecular weight excluding hydrogens is 218 g/mol. The molecule has 0 aliphatic heterocycles. The summed E-state index contributed by atoms with van der Waals surface area (Å²) < 4.78 is 4.53. The van der Waals surface area contributed by atoms with Crippen molar-refractivity contribution in [2.45, 2.75) is 51.0 Å². The molecule has 0 aromatic heterocycles. The fraction of sp³-hybridized carbons (Fsp3) is 0.833. The highest BCUT2D eigenvalue weighted by molar-refractivity contribution is 5.78. The van der Waals surface area contributed by atoms with Crippen molar-refractivity contribution < 1.29 is 9.53 Å². The summed E-state index contributed by atoms with van der Waals surface area (Å²) in [5.74, 6) is 0.191. The molecule has 1 rings (SSSR count). The number of aliphatic imine (C=N–C) groups is 1. The van der Waals surface area contributed by atoms with E-state index in [1.165, 1.54) is 32.8 Å². The molecule has 0 unspecified atom stereocenters. The lowest BCUT2D eigenvalue weighted by molar-refractivity contribution is -0.140. The third-order valence-electron chi connectivity index (χ3n) is 3.03. The minimum Gasteiger partial charge on any atom is -0.469 e. The fourth-order valence-corrected chi connectivity index (χ4v) is 2.05. The highest BCUT2D eigenvalue weighted by Crippen LogP contribution is 2.16. The second-order valence-corrected chi connectivity index (χ2v) is 4.43. The Morgan fingerprint density at radius 3 is 2.59 bits per heavy atom. The molecule has 1 aliphatic carbocycles. The lowest BCUT2D eigenvalue weighted by atomic mass is 10.1. The first kappa shape index (κ1) is 13.8. The highest BCUT2D eigenvalue weighted by Gasteiger charge is 2.12. The largest absolute Gasteiger partial charge is 0.469 e. The van der Waals surface area contributed by atoms with Crippen molar-refractivity contribution >= 4 is 11.9 Å². The lowest BCUT2D eigenvalue weighted by Gasteiger charge is -2.16. The molecule has 1 fully saturated rings. The first-order chi connectivity index (χ1) is 8.22. The van der Waals surface area contributed by atoms with Gasteiger partial charge in [0.15, 0.2) is 5.96 Å². The van der Waals surface area contributed by atoms with Gasteiger partial charge in [0.2, 0.25) is 0 Å². The molecular formula is C12H23N3O2. The second kappa shape index (κ2) is 7.92. The average molecular weight is 241 g/mol. The number of hydrogen-bond donors (Lipinski definition) is 2. The molecule has 1 saturated carbocycles. The van der Waals surface area contributed by atoms with Crippen LogP contribution in [0.1, 0.15) is 44.9 Å². The quantitative estimate of drug-likeness (QED) is 0.335. The summed E-state index contributed by atoms with van der Waals surface area (Å²) in [5.41, 5.74) is 5.77. The number of carbonyl (C=O) groups is 1. The normalized spacial score (nSPS) is 18.5. The number of nitrogens with two attached hydrogens (primary N) is 1. The van der Waals surface area contributed by atoms with Gasteiger partial charge in [0.25, 0.3) is 0 Å². The van der Waals surface area contributed by atoms with E-state index in [2.05, 4.69) is 15.0 Å². The first-order valence-electron chi connectivity index (χ1n) is 6.35. The predicted octanol–water partition coefficient (Wildman–Crippen LogP) is 1.18. The maximum atomic E-state index is 10.9. The van der Waals surface area contributed by atoms with Crippen LogP contribution < -0.4 is 11.1 Å². The number of carbonyl (C=O) groups excluding carboxylic acids is 1. The summed E-state index contributed by atoms with van der Waals surface area (Å²) in [5, 5.41) is 3.23. The van der Waals surface area contributed by atoms with Crippen molar-refractivity contribution in [3.05, 3.63) is 0 Å². The molecule has 0 amide bonds. The lowest BCUT2D eigenvalue weighted by Crippen LogP contribution is -2.40. The number of nitrogens with one attached hydrogen (secondary N) is 1. The average Bonchev–Trinajstić information content (AvgIpc) is 2.57. The van der Waals surface area contributed by atoms with Crippen molar-refractivity contribution in [2.75, 3.05) is 13.7 Å². The molecule has 17 heavy (non-hydrogen) atoms. The van der Waals surface area contributed by atoms with Crippen LogP contribution in [-0.2, 0) is 9.53 Å². The van der Waals surface area contributed by atoms with Gasteiger partial charge in [-0.1, -0.05) is 25.7 Å². The maximum Gasteiger partial charge on any atom is 0.307 e. The zero-order valence-electron chi connectivity index (χ0n) is 10.6. The smallest absolute Gasteiger partial charge is 0.307 e. The summed E-state index contributed by atoms with van der Waals surface area (Å²) in [6.45, 7) is 0.387. The molecule has 0 radical (unpaired) electrons. The number of guanidine groups is 1. The van der Waals surface area contributed by atoms with Crippen LogP contribution in [0.2, 0.25) is 0 Å². The highest BCUT2D eigenvalue weighted by atomic mass is 16.5. The number of methoxy groups -OCH3 is 1. The van der Waals surface area contributed by atoms with Gasteiger partial charge in [-0.25, -0.2) is 0 Å². The zero-order chi connectivity index (χ0) is 12.5. The minimum atomic E-state index is -0.254. The number of ether oxygens (including phenoxy) is 1. The van der Waals surface area contributed by atoms with Crippen LogP contribution >= 0.6 is 0 Å². The van der Waals surface area contributed by atoms with Gasteiger partial charge in [0, 0.05) is 6.04 Å². The van der Waals surface area contributed by atoms with Gasteiger partial charge in [-0.05, 0) is 12.8 Å².